The van der Waals surface area contributed by atoms with E-state index < -0.39 is 0 Å². The molecule has 4 saturated heterocycles. The number of benzene rings is 1. The summed E-state index contributed by atoms with van der Waals surface area (Å²) in [6.07, 6.45) is 8.54. The second-order valence-corrected chi connectivity index (χ2v) is 12.2. The van der Waals surface area contributed by atoms with E-state index in [0.29, 0.717) is 25.0 Å². The lowest BCUT2D eigenvalue weighted by atomic mass is 9.88. The van der Waals surface area contributed by atoms with Crippen molar-refractivity contribution in [2.24, 2.45) is 5.92 Å². The quantitative estimate of drug-likeness (QED) is 0.333. The molecule has 6 aliphatic heterocycles. The molecule has 0 aromatic heterocycles. The fraction of sp³-hybridized carbons (Fsp3) is 0.643. The van der Waals surface area contributed by atoms with Gasteiger partial charge in [0, 0.05) is 37.3 Å². The van der Waals surface area contributed by atoms with Gasteiger partial charge in [0.15, 0.2) is 0 Å². The van der Waals surface area contributed by atoms with Crippen molar-refractivity contribution in [1.29, 1.82) is 0 Å². The van der Waals surface area contributed by atoms with Crippen LogP contribution in [-0.2, 0) is 26.3 Å². The molecule has 1 saturated carbocycles. The molecule has 1 aromatic carbocycles. The normalized spacial score (nSPS) is 37.9. The molecule has 6 unspecified atom stereocenters. The van der Waals surface area contributed by atoms with Gasteiger partial charge >= 0.3 is 0 Å². The summed E-state index contributed by atoms with van der Waals surface area (Å²) in [5, 5.41) is 22.3. The van der Waals surface area contributed by atoms with Gasteiger partial charge in [-0.2, -0.15) is 5.01 Å². The summed E-state index contributed by atoms with van der Waals surface area (Å²) in [4.78, 5) is 28.3. The number of rotatable bonds is 2. The summed E-state index contributed by atoms with van der Waals surface area (Å²) in [7, 11) is 0. The molecule has 11 heteroatoms. The number of fused-ring (bicyclic) bond motifs is 7. The molecule has 2 amide bonds. The van der Waals surface area contributed by atoms with E-state index in [4.69, 9.17) is 4.74 Å². The highest BCUT2D eigenvalue weighted by Gasteiger charge is 2.54. The average Bonchev–Trinajstić information content (AvgIpc) is 3.66. The highest BCUT2D eigenvalue weighted by Crippen LogP contribution is 2.50. The maximum atomic E-state index is 13.7. The fourth-order valence-electron chi connectivity index (χ4n) is 7.65. The first kappa shape index (κ1) is 24.3. The molecule has 11 nitrogen and oxygen atoms in total. The summed E-state index contributed by atoms with van der Waals surface area (Å²) in [5.74, 6) is -0.0308. The molecular weight excluding hydrogens is 496 g/mol. The summed E-state index contributed by atoms with van der Waals surface area (Å²) in [6.45, 7) is 3.93. The average molecular weight is 535 g/mol. The van der Waals surface area contributed by atoms with Gasteiger partial charge in [-0.1, -0.05) is 18.2 Å². The van der Waals surface area contributed by atoms with Crippen molar-refractivity contribution in [3.63, 3.8) is 0 Å². The molecule has 39 heavy (non-hydrogen) atoms. The van der Waals surface area contributed by atoms with Crippen molar-refractivity contribution in [3.8, 4) is 0 Å². The van der Waals surface area contributed by atoms with Crippen LogP contribution in [0.5, 0.6) is 0 Å². The number of nitrogens with zero attached hydrogens (tertiary/aromatic N) is 3. The standard InChI is InChI=1S/C28H38N8O3/c37-23-15-39-21-6-7-22-32-25(21)34(23)10-2-1-3-11-35-26(38)19-14-30-27(33-24(19)36(22)35)31-18-4-5-20-17(12-18)13-29-16-28(20)8-9-28/h1,3-5,12,19,21-22,24-25,27,29-33H,2,6-11,13-16H2/b3-1+. The molecule has 1 spiro atoms. The summed E-state index contributed by atoms with van der Waals surface area (Å²) < 4.78 is 5.91. The van der Waals surface area contributed by atoms with Gasteiger partial charge in [-0.3, -0.25) is 30.5 Å². The van der Waals surface area contributed by atoms with Crippen molar-refractivity contribution in [2.45, 2.75) is 75.0 Å². The van der Waals surface area contributed by atoms with Crippen LogP contribution < -0.4 is 26.6 Å². The third-order valence-electron chi connectivity index (χ3n) is 9.83. The molecule has 2 bridgehead atoms. The van der Waals surface area contributed by atoms with Gasteiger partial charge in [-0.05, 0) is 55.4 Å². The summed E-state index contributed by atoms with van der Waals surface area (Å²) >= 11 is 0. The van der Waals surface area contributed by atoms with E-state index in [2.05, 4.69) is 61.9 Å². The predicted molar refractivity (Wildman–Crippen MR) is 144 cm³/mol. The third kappa shape index (κ3) is 4.01. The van der Waals surface area contributed by atoms with Crippen LogP contribution in [-0.4, -0.2) is 90.4 Å². The number of piperidine rings is 1. The van der Waals surface area contributed by atoms with E-state index in [9.17, 15) is 9.59 Å². The van der Waals surface area contributed by atoms with Crippen LogP contribution in [0.4, 0.5) is 5.69 Å². The van der Waals surface area contributed by atoms with Gasteiger partial charge < -0.3 is 20.3 Å². The van der Waals surface area contributed by atoms with Crippen molar-refractivity contribution in [2.75, 3.05) is 38.1 Å². The van der Waals surface area contributed by atoms with Gasteiger partial charge in [0.2, 0.25) is 11.8 Å². The number of anilines is 1. The van der Waals surface area contributed by atoms with Crippen molar-refractivity contribution < 1.29 is 14.3 Å². The Kier molecular flexibility index (Phi) is 5.76. The first-order valence-corrected chi connectivity index (χ1v) is 14.6. The van der Waals surface area contributed by atoms with E-state index in [1.54, 1.807) is 0 Å². The molecule has 8 rings (SSSR count). The molecule has 5 N–H and O–H groups in total. The van der Waals surface area contributed by atoms with Crippen LogP contribution in [0.3, 0.4) is 0 Å². The largest absolute Gasteiger partial charge is 0.365 e. The topological polar surface area (TPSA) is 113 Å². The second-order valence-electron chi connectivity index (χ2n) is 12.2. The number of ether oxygens (including phenoxy) is 1. The maximum Gasteiger partial charge on any atom is 0.249 e. The molecule has 6 heterocycles. The number of carbonyl (C=O) groups is 2. The lowest BCUT2D eigenvalue weighted by molar-refractivity contribution is -0.175. The van der Waals surface area contributed by atoms with Gasteiger partial charge in [0.25, 0.3) is 0 Å². The van der Waals surface area contributed by atoms with E-state index >= 15 is 0 Å². The highest BCUT2D eigenvalue weighted by molar-refractivity contribution is 5.82. The minimum Gasteiger partial charge on any atom is -0.365 e. The lowest BCUT2D eigenvalue weighted by Gasteiger charge is -2.50. The van der Waals surface area contributed by atoms with E-state index in [0.717, 1.165) is 38.0 Å². The van der Waals surface area contributed by atoms with Crippen LogP contribution in [0, 0.1) is 5.92 Å². The van der Waals surface area contributed by atoms with Crippen LogP contribution in [0.1, 0.15) is 43.2 Å². The lowest BCUT2D eigenvalue weighted by Crippen LogP contribution is -2.72. The Bertz CT molecular complexity index is 1200. The van der Waals surface area contributed by atoms with Crippen molar-refractivity contribution in [3.05, 3.63) is 41.5 Å². The third-order valence-corrected chi connectivity index (χ3v) is 9.83. The Morgan fingerprint density at radius 3 is 2.90 bits per heavy atom. The van der Waals surface area contributed by atoms with Gasteiger partial charge in [0.1, 0.15) is 19.1 Å². The summed E-state index contributed by atoms with van der Waals surface area (Å²) in [6, 6.07) is 6.78. The Morgan fingerprint density at radius 2 is 2.00 bits per heavy atom. The Morgan fingerprint density at radius 1 is 1.08 bits per heavy atom. The Labute approximate surface area is 228 Å². The number of carbonyl (C=O) groups excluding carboxylic acids is 2. The van der Waals surface area contributed by atoms with E-state index in [1.807, 2.05) is 9.91 Å². The minimum atomic E-state index is -0.193. The number of hydrogen-bond acceptors (Lipinski definition) is 9. The van der Waals surface area contributed by atoms with Crippen molar-refractivity contribution in [1.82, 2.24) is 36.2 Å². The molecule has 7 aliphatic rings. The SMILES string of the molecule is O=C1COC2CCC3NC2N1CC/C=C/CN1C(=O)C2CNC(Nc4ccc5c(c4)CNCC54CC4)NC2N31. The molecule has 6 atom stereocenters. The zero-order valence-electron chi connectivity index (χ0n) is 22.2. The molecule has 0 radical (unpaired) electrons. The predicted octanol–water partition coefficient (Wildman–Crippen LogP) is -0.0659. The highest BCUT2D eigenvalue weighted by atomic mass is 16.5. The van der Waals surface area contributed by atoms with Gasteiger partial charge in [0.05, 0.1) is 30.9 Å². The zero-order valence-corrected chi connectivity index (χ0v) is 22.2. The number of amides is 2. The number of nitrogens with one attached hydrogen (secondary N) is 5. The van der Waals surface area contributed by atoms with Crippen LogP contribution >= 0.6 is 0 Å². The van der Waals surface area contributed by atoms with Crippen LogP contribution in [0.2, 0.25) is 0 Å². The number of hydrogen-bond donors (Lipinski definition) is 5. The van der Waals surface area contributed by atoms with Crippen LogP contribution in [0.25, 0.3) is 0 Å². The number of morpholine rings is 1. The maximum absolute atomic E-state index is 13.7. The molecular formula is C28H38N8O3. The second kappa shape index (κ2) is 9.25. The molecule has 208 valence electrons. The van der Waals surface area contributed by atoms with Crippen LogP contribution in [0.15, 0.2) is 30.4 Å². The Hall–Kier alpha value is -2.54. The zero-order chi connectivity index (χ0) is 26.1. The van der Waals surface area contributed by atoms with E-state index in [-0.39, 0.29) is 55.2 Å². The Balaban J connectivity index is 1.04. The first-order chi connectivity index (χ1) is 19.1. The van der Waals surface area contributed by atoms with E-state index in [1.165, 1.54) is 24.0 Å². The molecule has 5 fully saturated rings. The minimum absolute atomic E-state index is 0.0186. The fourth-order valence-corrected chi connectivity index (χ4v) is 7.65. The molecule has 1 aliphatic carbocycles. The van der Waals surface area contributed by atoms with Crippen molar-refractivity contribution >= 4 is 17.5 Å². The molecule has 1 aromatic rings. The summed E-state index contributed by atoms with van der Waals surface area (Å²) in [5.41, 5.74) is 4.32. The number of hydrazine groups is 1. The smallest absolute Gasteiger partial charge is 0.249 e. The first-order valence-electron chi connectivity index (χ1n) is 14.6. The van der Waals surface area contributed by atoms with Gasteiger partial charge in [-0.15, -0.1) is 0 Å². The monoisotopic (exact) mass is 534 g/mol. The van der Waals surface area contributed by atoms with Gasteiger partial charge in [-0.25, -0.2) is 0 Å².